The van der Waals surface area contributed by atoms with Gasteiger partial charge in [0.15, 0.2) is 5.82 Å². The van der Waals surface area contributed by atoms with Gasteiger partial charge in [-0.25, -0.2) is 14.6 Å². The van der Waals surface area contributed by atoms with Gasteiger partial charge < -0.3 is 15.5 Å². The van der Waals surface area contributed by atoms with Crippen LogP contribution in [-0.2, 0) is 9.59 Å². The molecule has 1 aliphatic rings. The zero-order chi connectivity index (χ0) is 22.6. The first kappa shape index (κ1) is 20.4. The largest absolute Gasteiger partial charge is 0.340 e. The highest BCUT2D eigenvalue weighted by Crippen LogP contribution is 2.26. The van der Waals surface area contributed by atoms with E-state index in [1.165, 1.54) is 6.33 Å². The predicted molar refractivity (Wildman–Crippen MR) is 124 cm³/mol. The van der Waals surface area contributed by atoms with E-state index in [0.29, 0.717) is 23.9 Å². The van der Waals surface area contributed by atoms with Gasteiger partial charge in [0.25, 0.3) is 0 Å². The molecule has 0 aliphatic carbocycles. The molecule has 0 bridgehead atoms. The molecular weight excluding hydrogens is 418 g/mol. The van der Waals surface area contributed by atoms with E-state index in [4.69, 9.17) is 0 Å². The Hall–Kier alpha value is -4.53. The first-order valence-electron chi connectivity index (χ1n) is 10.5. The third kappa shape index (κ3) is 4.57. The van der Waals surface area contributed by atoms with Crippen LogP contribution in [0, 0.1) is 5.92 Å². The zero-order valence-corrected chi connectivity index (χ0v) is 17.6. The van der Waals surface area contributed by atoms with Crippen LogP contribution in [0.4, 0.5) is 22.9 Å². The van der Waals surface area contributed by atoms with Crippen LogP contribution in [0.2, 0.25) is 0 Å². The summed E-state index contributed by atoms with van der Waals surface area (Å²) in [4.78, 5) is 35.2. The lowest BCUT2D eigenvalue weighted by atomic mass is 10.1. The minimum atomic E-state index is -0.391. The molecule has 0 radical (unpaired) electrons. The average Bonchev–Trinajstić information content (AvgIpc) is 3.51. The van der Waals surface area contributed by atoms with Crippen LogP contribution < -0.4 is 15.5 Å². The van der Waals surface area contributed by atoms with Crippen molar-refractivity contribution in [1.82, 2.24) is 19.7 Å². The van der Waals surface area contributed by atoms with Crippen LogP contribution >= 0.6 is 0 Å². The van der Waals surface area contributed by atoms with Gasteiger partial charge in [-0.05, 0) is 42.5 Å². The highest BCUT2D eigenvalue weighted by atomic mass is 16.2. The monoisotopic (exact) mass is 439 g/mol. The van der Waals surface area contributed by atoms with E-state index in [9.17, 15) is 9.59 Å². The van der Waals surface area contributed by atoms with E-state index in [0.717, 1.165) is 11.4 Å². The summed E-state index contributed by atoms with van der Waals surface area (Å²) in [6.07, 6.45) is 5.16. The molecule has 9 nitrogen and oxygen atoms in total. The maximum atomic E-state index is 12.7. The van der Waals surface area contributed by atoms with Crippen LogP contribution in [0.1, 0.15) is 6.42 Å². The summed E-state index contributed by atoms with van der Waals surface area (Å²) in [5.41, 5.74) is 2.29. The summed E-state index contributed by atoms with van der Waals surface area (Å²) < 4.78 is 1.65. The Kier molecular flexibility index (Phi) is 5.50. The SMILES string of the molecule is O=C(Nc1ccc(Nc2cc(-n3cccn3)ncn2)cc1)[C@H]1CC(=O)N(c2ccccc2)C1. The number of carbonyl (C=O) groups is 2. The molecule has 1 atom stereocenters. The summed E-state index contributed by atoms with van der Waals surface area (Å²) in [6.45, 7) is 0.376. The van der Waals surface area contributed by atoms with E-state index < -0.39 is 5.92 Å². The van der Waals surface area contributed by atoms with Gasteiger partial charge in [0, 0.05) is 48.5 Å². The molecule has 1 saturated heterocycles. The van der Waals surface area contributed by atoms with Crippen LogP contribution in [-0.4, -0.2) is 38.1 Å². The third-order valence-corrected chi connectivity index (χ3v) is 5.38. The number of para-hydroxylation sites is 1. The topological polar surface area (TPSA) is 105 Å². The number of amides is 2. The molecule has 9 heteroatoms. The minimum absolute atomic E-state index is 0.0415. The molecule has 2 N–H and O–H groups in total. The Morgan fingerprint density at radius 3 is 2.52 bits per heavy atom. The molecule has 2 aromatic carbocycles. The van der Waals surface area contributed by atoms with E-state index in [-0.39, 0.29) is 18.2 Å². The van der Waals surface area contributed by atoms with Crippen molar-refractivity contribution >= 4 is 34.7 Å². The number of anilines is 4. The first-order valence-corrected chi connectivity index (χ1v) is 10.5. The van der Waals surface area contributed by atoms with Crippen molar-refractivity contribution in [1.29, 1.82) is 0 Å². The number of nitrogens with zero attached hydrogens (tertiary/aromatic N) is 5. The zero-order valence-electron chi connectivity index (χ0n) is 17.6. The van der Waals surface area contributed by atoms with Gasteiger partial charge in [-0.1, -0.05) is 18.2 Å². The summed E-state index contributed by atoms with van der Waals surface area (Å²) in [5.74, 6) is 0.675. The molecule has 164 valence electrons. The van der Waals surface area contributed by atoms with Crippen molar-refractivity contribution in [2.24, 2.45) is 5.92 Å². The first-order chi connectivity index (χ1) is 16.2. The second-order valence-electron chi connectivity index (χ2n) is 7.64. The fourth-order valence-corrected chi connectivity index (χ4v) is 3.71. The third-order valence-electron chi connectivity index (χ3n) is 5.38. The molecule has 4 aromatic rings. The van der Waals surface area contributed by atoms with Crippen molar-refractivity contribution < 1.29 is 9.59 Å². The highest BCUT2D eigenvalue weighted by molar-refractivity contribution is 6.03. The van der Waals surface area contributed by atoms with Gasteiger partial charge in [0.05, 0.1) is 5.92 Å². The van der Waals surface area contributed by atoms with Crippen molar-refractivity contribution in [3.63, 3.8) is 0 Å². The summed E-state index contributed by atoms with van der Waals surface area (Å²) >= 11 is 0. The van der Waals surface area contributed by atoms with Gasteiger partial charge in [-0.2, -0.15) is 5.10 Å². The number of carbonyl (C=O) groups excluding carboxylic acids is 2. The molecule has 1 aliphatic heterocycles. The summed E-state index contributed by atoms with van der Waals surface area (Å²) in [6, 6.07) is 20.3. The molecule has 0 saturated carbocycles. The summed E-state index contributed by atoms with van der Waals surface area (Å²) in [5, 5.41) is 10.3. The van der Waals surface area contributed by atoms with Crippen molar-refractivity contribution in [3.05, 3.63) is 85.5 Å². The van der Waals surface area contributed by atoms with Crippen LogP contribution in [0.15, 0.2) is 85.5 Å². The second-order valence-corrected chi connectivity index (χ2v) is 7.64. The minimum Gasteiger partial charge on any atom is -0.340 e. The number of nitrogens with one attached hydrogen (secondary N) is 2. The molecular formula is C24H21N7O2. The fourth-order valence-electron chi connectivity index (χ4n) is 3.71. The Morgan fingerprint density at radius 2 is 1.76 bits per heavy atom. The standard InChI is InChI=1S/C24H21N7O2/c32-23-13-17(15-30(23)20-5-2-1-3-6-20)24(33)29-19-9-7-18(8-10-19)28-21-14-22(26-16-25-21)31-12-4-11-27-31/h1-12,14,16-17H,13,15H2,(H,29,33)(H,25,26,28)/t17-/m0/s1. The quantitative estimate of drug-likeness (QED) is 0.477. The molecule has 0 spiro atoms. The molecule has 3 heterocycles. The maximum Gasteiger partial charge on any atom is 0.229 e. The molecule has 1 fully saturated rings. The molecule has 0 unspecified atom stereocenters. The van der Waals surface area contributed by atoms with Crippen LogP contribution in [0.5, 0.6) is 0 Å². The number of rotatable bonds is 6. The Bertz CT molecular complexity index is 1260. The number of benzene rings is 2. The Labute approximate surface area is 190 Å². The lowest BCUT2D eigenvalue weighted by Crippen LogP contribution is -2.28. The van der Waals surface area contributed by atoms with Crippen LogP contribution in [0.3, 0.4) is 0 Å². The highest BCUT2D eigenvalue weighted by Gasteiger charge is 2.35. The summed E-state index contributed by atoms with van der Waals surface area (Å²) in [7, 11) is 0. The average molecular weight is 439 g/mol. The molecule has 33 heavy (non-hydrogen) atoms. The number of hydrogen-bond acceptors (Lipinski definition) is 6. The molecule has 5 rings (SSSR count). The van der Waals surface area contributed by atoms with Gasteiger partial charge in [0.2, 0.25) is 11.8 Å². The normalized spacial score (nSPS) is 15.5. The molecule has 2 aromatic heterocycles. The van der Waals surface area contributed by atoms with Gasteiger partial charge >= 0.3 is 0 Å². The van der Waals surface area contributed by atoms with Crippen molar-refractivity contribution in [2.75, 3.05) is 22.1 Å². The number of hydrogen-bond donors (Lipinski definition) is 2. The number of aromatic nitrogens is 4. The van der Waals surface area contributed by atoms with E-state index >= 15 is 0 Å². The van der Waals surface area contributed by atoms with Gasteiger partial charge in [-0.3, -0.25) is 9.59 Å². The van der Waals surface area contributed by atoms with Crippen molar-refractivity contribution in [2.45, 2.75) is 6.42 Å². The predicted octanol–water partition coefficient (Wildman–Crippen LogP) is 3.40. The van der Waals surface area contributed by atoms with Crippen molar-refractivity contribution in [3.8, 4) is 5.82 Å². The van der Waals surface area contributed by atoms with E-state index in [1.807, 2.05) is 60.7 Å². The Morgan fingerprint density at radius 1 is 0.970 bits per heavy atom. The smallest absolute Gasteiger partial charge is 0.229 e. The van der Waals surface area contributed by atoms with Gasteiger partial charge in [0.1, 0.15) is 12.1 Å². The lowest BCUT2D eigenvalue weighted by molar-refractivity contribution is -0.122. The maximum absolute atomic E-state index is 12.7. The van der Waals surface area contributed by atoms with E-state index in [2.05, 4.69) is 25.7 Å². The lowest BCUT2D eigenvalue weighted by Gasteiger charge is -2.16. The molecule has 2 amide bonds. The van der Waals surface area contributed by atoms with Crippen LogP contribution in [0.25, 0.3) is 5.82 Å². The fraction of sp³-hybridized carbons (Fsp3) is 0.125. The van der Waals surface area contributed by atoms with Gasteiger partial charge in [-0.15, -0.1) is 0 Å². The second kappa shape index (κ2) is 8.91. The van der Waals surface area contributed by atoms with E-state index in [1.54, 1.807) is 28.0 Å². The Balaban J connectivity index is 1.20.